The highest BCUT2D eigenvalue weighted by atomic mass is 35.5. The lowest BCUT2D eigenvalue weighted by Crippen LogP contribution is -2.31. The summed E-state index contributed by atoms with van der Waals surface area (Å²) < 4.78 is 0. The maximum Gasteiger partial charge on any atom is 0.319 e. The predicted molar refractivity (Wildman–Crippen MR) is 75.4 cm³/mol. The molecule has 1 aromatic carbocycles. The van der Waals surface area contributed by atoms with Gasteiger partial charge in [0.15, 0.2) is 0 Å². The van der Waals surface area contributed by atoms with Crippen LogP contribution in [0.1, 0.15) is 37.8 Å². The van der Waals surface area contributed by atoms with Crippen LogP contribution in [0.15, 0.2) is 12.1 Å². The molecule has 0 aliphatic heterocycles. The van der Waals surface area contributed by atoms with Crippen molar-refractivity contribution in [3.05, 3.63) is 28.3 Å². The van der Waals surface area contributed by atoms with Crippen LogP contribution in [0.3, 0.4) is 0 Å². The second-order valence-electron chi connectivity index (χ2n) is 4.64. The number of carbonyl (C=O) groups is 1. The number of nitrogens with one attached hydrogen (secondary N) is 2. The minimum Gasteiger partial charge on any atom is -0.335 e. The molecule has 1 fully saturated rings. The van der Waals surface area contributed by atoms with Crippen LogP contribution in [-0.2, 0) is 12.8 Å². The summed E-state index contributed by atoms with van der Waals surface area (Å²) in [6.07, 6.45) is 3.86. The molecule has 2 rings (SSSR count). The van der Waals surface area contributed by atoms with Crippen LogP contribution in [0.25, 0.3) is 0 Å². The number of amides is 2. The molecule has 0 bridgehead atoms. The lowest BCUT2D eigenvalue weighted by Gasteiger charge is -2.16. The largest absolute Gasteiger partial charge is 0.335 e. The maximum atomic E-state index is 11.8. The Bertz CT molecular complexity index is 455. The average Bonchev–Trinajstić information content (AvgIpc) is 3.13. The van der Waals surface area contributed by atoms with E-state index in [1.807, 2.05) is 19.1 Å². The third kappa shape index (κ3) is 2.96. The van der Waals surface area contributed by atoms with Crippen LogP contribution >= 0.6 is 11.6 Å². The van der Waals surface area contributed by atoms with Gasteiger partial charge < -0.3 is 10.6 Å². The minimum atomic E-state index is -0.121. The molecule has 18 heavy (non-hydrogen) atoms. The fraction of sp³-hybridized carbons (Fsp3) is 0.500. The number of halogens is 1. The summed E-state index contributed by atoms with van der Waals surface area (Å²) in [7, 11) is 0. The fourth-order valence-corrected chi connectivity index (χ4v) is 2.32. The second-order valence-corrected chi connectivity index (χ2v) is 5.05. The average molecular weight is 267 g/mol. The summed E-state index contributed by atoms with van der Waals surface area (Å²) in [6, 6.07) is 4.13. The Balaban J connectivity index is 2.22. The van der Waals surface area contributed by atoms with Crippen molar-refractivity contribution in [3.8, 4) is 0 Å². The number of aryl methyl sites for hydroxylation is 1. The zero-order chi connectivity index (χ0) is 13.1. The highest BCUT2D eigenvalue weighted by Gasteiger charge is 2.24. The van der Waals surface area contributed by atoms with Crippen LogP contribution in [0.4, 0.5) is 10.5 Å². The summed E-state index contributed by atoms with van der Waals surface area (Å²) in [5.41, 5.74) is 3.02. The minimum absolute atomic E-state index is 0.121. The first-order chi connectivity index (χ1) is 8.65. The van der Waals surface area contributed by atoms with Gasteiger partial charge in [-0.05, 0) is 42.9 Å². The molecule has 1 saturated carbocycles. The van der Waals surface area contributed by atoms with Gasteiger partial charge in [-0.2, -0.15) is 0 Å². The number of hydrogen-bond acceptors (Lipinski definition) is 1. The fourth-order valence-electron chi connectivity index (χ4n) is 2.03. The van der Waals surface area contributed by atoms with E-state index in [1.165, 1.54) is 0 Å². The number of urea groups is 1. The van der Waals surface area contributed by atoms with E-state index in [1.54, 1.807) is 0 Å². The third-order valence-electron chi connectivity index (χ3n) is 3.23. The van der Waals surface area contributed by atoms with Crippen molar-refractivity contribution < 1.29 is 4.79 Å². The summed E-state index contributed by atoms with van der Waals surface area (Å²) in [4.78, 5) is 11.8. The molecule has 2 amide bonds. The van der Waals surface area contributed by atoms with Gasteiger partial charge in [0.25, 0.3) is 0 Å². The van der Waals surface area contributed by atoms with Crippen LogP contribution in [0.2, 0.25) is 5.02 Å². The van der Waals surface area contributed by atoms with E-state index < -0.39 is 0 Å². The van der Waals surface area contributed by atoms with Crippen molar-refractivity contribution >= 4 is 23.3 Å². The number of hydrogen-bond donors (Lipinski definition) is 2. The van der Waals surface area contributed by atoms with Crippen molar-refractivity contribution in [3.63, 3.8) is 0 Å². The molecular formula is C14H19ClN2O. The monoisotopic (exact) mass is 266 g/mol. The van der Waals surface area contributed by atoms with E-state index in [2.05, 4.69) is 17.6 Å². The SMILES string of the molecule is CCc1ccc(Cl)c(CC)c1NC(=O)NC1CC1. The molecule has 0 spiro atoms. The molecule has 4 heteroatoms. The van der Waals surface area contributed by atoms with E-state index >= 15 is 0 Å². The Morgan fingerprint density at radius 3 is 2.61 bits per heavy atom. The Hall–Kier alpha value is -1.22. The van der Waals surface area contributed by atoms with Crippen LogP contribution in [0.5, 0.6) is 0 Å². The van der Waals surface area contributed by atoms with E-state index in [9.17, 15) is 4.79 Å². The van der Waals surface area contributed by atoms with Crippen molar-refractivity contribution in [1.82, 2.24) is 5.32 Å². The highest BCUT2D eigenvalue weighted by molar-refractivity contribution is 6.31. The van der Waals surface area contributed by atoms with Gasteiger partial charge in [0, 0.05) is 11.1 Å². The molecular weight excluding hydrogens is 248 g/mol. The summed E-state index contributed by atoms with van der Waals surface area (Å²) in [5.74, 6) is 0. The summed E-state index contributed by atoms with van der Waals surface area (Å²) in [6.45, 7) is 4.12. The molecule has 98 valence electrons. The normalized spacial score (nSPS) is 14.4. The van der Waals surface area contributed by atoms with Gasteiger partial charge in [-0.3, -0.25) is 0 Å². The molecule has 0 radical (unpaired) electrons. The Kier molecular flexibility index (Phi) is 4.12. The van der Waals surface area contributed by atoms with Gasteiger partial charge in [-0.25, -0.2) is 4.79 Å². The van der Waals surface area contributed by atoms with Crippen LogP contribution in [0, 0.1) is 0 Å². The van der Waals surface area contributed by atoms with Gasteiger partial charge in [0.1, 0.15) is 0 Å². The first kappa shape index (κ1) is 13.2. The van der Waals surface area contributed by atoms with E-state index in [0.29, 0.717) is 6.04 Å². The van der Waals surface area contributed by atoms with E-state index in [0.717, 1.165) is 47.5 Å². The molecule has 1 aliphatic carbocycles. The zero-order valence-electron chi connectivity index (χ0n) is 10.8. The summed E-state index contributed by atoms with van der Waals surface area (Å²) >= 11 is 6.19. The number of carbonyl (C=O) groups excluding carboxylic acids is 1. The first-order valence-corrected chi connectivity index (χ1v) is 6.91. The third-order valence-corrected chi connectivity index (χ3v) is 3.58. The smallest absolute Gasteiger partial charge is 0.319 e. The Morgan fingerprint density at radius 2 is 2.06 bits per heavy atom. The molecule has 0 heterocycles. The van der Waals surface area contributed by atoms with E-state index in [4.69, 9.17) is 11.6 Å². The number of rotatable bonds is 4. The standard InChI is InChI=1S/C14H19ClN2O/c1-3-9-5-8-12(15)11(4-2)13(9)17-14(18)16-10-6-7-10/h5,8,10H,3-4,6-7H2,1-2H3,(H2,16,17,18). The lowest BCUT2D eigenvalue weighted by atomic mass is 10.0. The Labute approximate surface area is 113 Å². The number of benzene rings is 1. The quantitative estimate of drug-likeness (QED) is 0.856. The van der Waals surface area contributed by atoms with Crippen LogP contribution in [-0.4, -0.2) is 12.1 Å². The molecule has 0 saturated heterocycles. The summed E-state index contributed by atoms with van der Waals surface area (Å²) in [5, 5.41) is 6.61. The van der Waals surface area contributed by atoms with Gasteiger partial charge in [-0.15, -0.1) is 0 Å². The van der Waals surface area contributed by atoms with Gasteiger partial charge in [-0.1, -0.05) is 31.5 Å². The van der Waals surface area contributed by atoms with E-state index in [-0.39, 0.29) is 6.03 Å². The van der Waals surface area contributed by atoms with Crippen molar-refractivity contribution in [1.29, 1.82) is 0 Å². The molecule has 1 aromatic rings. The lowest BCUT2D eigenvalue weighted by molar-refractivity contribution is 0.251. The Morgan fingerprint density at radius 1 is 1.33 bits per heavy atom. The van der Waals surface area contributed by atoms with Gasteiger partial charge >= 0.3 is 6.03 Å². The van der Waals surface area contributed by atoms with Crippen molar-refractivity contribution in [2.75, 3.05) is 5.32 Å². The van der Waals surface area contributed by atoms with Crippen molar-refractivity contribution in [2.24, 2.45) is 0 Å². The molecule has 3 nitrogen and oxygen atoms in total. The van der Waals surface area contributed by atoms with Crippen LogP contribution < -0.4 is 10.6 Å². The molecule has 0 unspecified atom stereocenters. The molecule has 0 aromatic heterocycles. The molecule has 2 N–H and O–H groups in total. The molecule has 0 atom stereocenters. The predicted octanol–water partition coefficient (Wildman–Crippen LogP) is 3.75. The van der Waals surface area contributed by atoms with Crippen molar-refractivity contribution in [2.45, 2.75) is 45.6 Å². The highest BCUT2D eigenvalue weighted by Crippen LogP contribution is 2.29. The molecule has 1 aliphatic rings. The van der Waals surface area contributed by atoms with Gasteiger partial charge in [0.05, 0.1) is 5.69 Å². The van der Waals surface area contributed by atoms with Gasteiger partial charge in [0.2, 0.25) is 0 Å². The first-order valence-electron chi connectivity index (χ1n) is 6.53. The second kappa shape index (κ2) is 5.61. The topological polar surface area (TPSA) is 41.1 Å². The maximum absolute atomic E-state index is 11.8. The zero-order valence-corrected chi connectivity index (χ0v) is 11.6. The number of anilines is 1.